The number of carbonyl (C=O) groups excluding carboxylic acids is 1. The maximum Gasteiger partial charge on any atom is 0.252 e. The summed E-state index contributed by atoms with van der Waals surface area (Å²) in [5, 5.41) is 4.32. The van der Waals surface area contributed by atoms with Crippen molar-refractivity contribution in [2.24, 2.45) is 5.73 Å². The van der Waals surface area contributed by atoms with Gasteiger partial charge in [0.2, 0.25) is 0 Å². The predicted molar refractivity (Wildman–Crippen MR) is 172 cm³/mol. The number of ether oxygens (including phenoxy) is 3. The molecule has 43 heavy (non-hydrogen) atoms. The monoisotopic (exact) mass is 583 g/mol. The summed E-state index contributed by atoms with van der Waals surface area (Å²) < 4.78 is 17.1. The van der Waals surface area contributed by atoms with Gasteiger partial charge in [0.15, 0.2) is 11.5 Å². The van der Waals surface area contributed by atoms with Crippen molar-refractivity contribution < 1.29 is 19.0 Å². The fraction of sp³-hybridized carbons (Fsp3) is 0.353. The molecule has 9 heteroatoms. The third-order valence-corrected chi connectivity index (χ3v) is 7.87. The number of methoxy groups -OCH3 is 1. The van der Waals surface area contributed by atoms with E-state index in [-0.39, 0.29) is 0 Å². The molecule has 1 aliphatic rings. The van der Waals surface area contributed by atoms with Crippen LogP contribution in [0.15, 0.2) is 60.8 Å². The Balaban J connectivity index is 1.42. The topological polar surface area (TPSA) is 102 Å². The second-order valence-corrected chi connectivity index (χ2v) is 10.5. The van der Waals surface area contributed by atoms with Crippen molar-refractivity contribution in [2.75, 3.05) is 56.7 Å². The van der Waals surface area contributed by atoms with E-state index in [2.05, 4.69) is 57.4 Å². The standard InChI is InChI=1S/C34H41N5O4/c1-5-26-23(22-38-14-16-39(17-15-38)24-11-9-12-25(18-24)41-4)10-8-13-29(26)37-33-27-19-31(42-6-2)32(43-7-3)20-30(27)36-21-28(33)34(35)40/h8-13,18-21H,5-7,14-17,22H2,1-4H3,(H2,35,40)(H,36,37). The van der Waals surface area contributed by atoms with Gasteiger partial charge in [-0.1, -0.05) is 25.1 Å². The number of rotatable bonds is 12. The molecule has 9 nitrogen and oxygen atoms in total. The molecule has 0 saturated carbocycles. The van der Waals surface area contributed by atoms with Gasteiger partial charge >= 0.3 is 0 Å². The summed E-state index contributed by atoms with van der Waals surface area (Å²) in [7, 11) is 1.70. The van der Waals surface area contributed by atoms with Crippen molar-refractivity contribution in [3.8, 4) is 17.2 Å². The van der Waals surface area contributed by atoms with E-state index >= 15 is 0 Å². The molecule has 3 N–H and O–H groups in total. The Morgan fingerprint density at radius 1 is 0.953 bits per heavy atom. The lowest BCUT2D eigenvalue weighted by Gasteiger charge is -2.36. The summed E-state index contributed by atoms with van der Waals surface area (Å²) in [6.45, 7) is 11.6. The van der Waals surface area contributed by atoms with E-state index in [0.29, 0.717) is 41.5 Å². The van der Waals surface area contributed by atoms with Gasteiger partial charge in [0, 0.05) is 67.8 Å². The molecule has 226 valence electrons. The molecule has 0 radical (unpaired) electrons. The Hall–Kier alpha value is -4.50. The molecule has 1 saturated heterocycles. The number of amides is 1. The van der Waals surface area contributed by atoms with E-state index in [1.165, 1.54) is 23.0 Å². The van der Waals surface area contributed by atoms with E-state index < -0.39 is 5.91 Å². The number of primary amides is 1. The quantitative estimate of drug-likeness (QED) is 0.217. The van der Waals surface area contributed by atoms with E-state index in [1.807, 2.05) is 38.1 Å². The summed E-state index contributed by atoms with van der Waals surface area (Å²) in [5.41, 5.74) is 12.0. The van der Waals surface area contributed by atoms with Crippen LogP contribution in [0.25, 0.3) is 10.9 Å². The molecule has 1 amide bonds. The van der Waals surface area contributed by atoms with Crippen molar-refractivity contribution in [2.45, 2.75) is 33.7 Å². The minimum atomic E-state index is -0.549. The molecular weight excluding hydrogens is 542 g/mol. The predicted octanol–water partition coefficient (Wildman–Crippen LogP) is 5.77. The molecule has 0 bridgehead atoms. The van der Waals surface area contributed by atoms with E-state index in [0.717, 1.165) is 56.0 Å². The molecule has 3 aromatic carbocycles. The number of pyridine rings is 1. The lowest BCUT2D eigenvalue weighted by Crippen LogP contribution is -2.46. The van der Waals surface area contributed by atoms with Crippen LogP contribution in [0.5, 0.6) is 17.2 Å². The van der Waals surface area contributed by atoms with Gasteiger partial charge in [0.1, 0.15) is 5.75 Å². The third kappa shape index (κ3) is 6.62. The molecule has 1 fully saturated rings. The van der Waals surface area contributed by atoms with Crippen LogP contribution in [0.3, 0.4) is 0 Å². The number of benzene rings is 3. The van der Waals surface area contributed by atoms with Gasteiger partial charge in [-0.2, -0.15) is 0 Å². The van der Waals surface area contributed by atoms with Crippen LogP contribution in [-0.2, 0) is 13.0 Å². The van der Waals surface area contributed by atoms with Gasteiger partial charge in [-0.3, -0.25) is 14.7 Å². The number of nitrogens with zero attached hydrogens (tertiary/aromatic N) is 3. The summed E-state index contributed by atoms with van der Waals surface area (Å²) >= 11 is 0. The third-order valence-electron chi connectivity index (χ3n) is 7.87. The SMILES string of the molecule is CCOc1cc2ncc(C(N)=O)c(Nc3cccc(CN4CCN(c5cccc(OC)c5)CC4)c3CC)c2cc1OCC. The van der Waals surface area contributed by atoms with Crippen LogP contribution in [-0.4, -0.2) is 62.3 Å². The summed E-state index contributed by atoms with van der Waals surface area (Å²) in [6.07, 6.45) is 2.36. The average molecular weight is 584 g/mol. The number of fused-ring (bicyclic) bond motifs is 1. The number of piperazine rings is 1. The van der Waals surface area contributed by atoms with Crippen molar-refractivity contribution in [1.82, 2.24) is 9.88 Å². The molecule has 0 atom stereocenters. The molecule has 1 aromatic heterocycles. The normalized spacial score (nSPS) is 13.6. The van der Waals surface area contributed by atoms with Crippen molar-refractivity contribution in [3.05, 3.63) is 77.5 Å². The second kappa shape index (κ2) is 13.6. The van der Waals surface area contributed by atoms with E-state index in [1.54, 1.807) is 7.11 Å². The van der Waals surface area contributed by atoms with Gasteiger partial charge in [-0.25, -0.2) is 0 Å². The highest BCUT2D eigenvalue weighted by Gasteiger charge is 2.21. The molecule has 1 aliphatic heterocycles. The number of aromatic nitrogens is 1. The maximum atomic E-state index is 12.6. The zero-order valence-corrected chi connectivity index (χ0v) is 25.5. The lowest BCUT2D eigenvalue weighted by molar-refractivity contribution is 0.100. The largest absolute Gasteiger partial charge is 0.497 e. The Labute approximate surface area is 253 Å². The van der Waals surface area contributed by atoms with Crippen molar-refractivity contribution in [3.63, 3.8) is 0 Å². The minimum absolute atomic E-state index is 0.320. The van der Waals surface area contributed by atoms with Crippen LogP contribution < -0.4 is 30.2 Å². The molecule has 4 aromatic rings. The zero-order chi connectivity index (χ0) is 30.3. The Kier molecular flexibility index (Phi) is 9.51. The molecule has 2 heterocycles. The fourth-order valence-corrected chi connectivity index (χ4v) is 5.72. The molecule has 0 unspecified atom stereocenters. The number of anilines is 3. The van der Waals surface area contributed by atoms with Gasteiger partial charge in [-0.15, -0.1) is 0 Å². The number of nitrogens with one attached hydrogen (secondary N) is 1. The van der Waals surface area contributed by atoms with Crippen LogP contribution in [0.4, 0.5) is 17.1 Å². The highest BCUT2D eigenvalue weighted by atomic mass is 16.5. The Morgan fingerprint density at radius 2 is 1.67 bits per heavy atom. The van der Waals surface area contributed by atoms with E-state index in [4.69, 9.17) is 19.9 Å². The molecule has 0 spiro atoms. The van der Waals surface area contributed by atoms with Crippen LogP contribution in [0, 0.1) is 0 Å². The van der Waals surface area contributed by atoms with Gasteiger partial charge in [0.25, 0.3) is 5.91 Å². The first-order chi connectivity index (χ1) is 20.9. The average Bonchev–Trinajstić information content (AvgIpc) is 3.02. The summed E-state index contributed by atoms with van der Waals surface area (Å²) in [5.74, 6) is 1.54. The highest BCUT2D eigenvalue weighted by molar-refractivity contribution is 6.08. The fourth-order valence-electron chi connectivity index (χ4n) is 5.72. The summed E-state index contributed by atoms with van der Waals surface area (Å²) in [6, 6.07) is 18.3. The number of hydrogen-bond acceptors (Lipinski definition) is 8. The first kappa shape index (κ1) is 30.0. The van der Waals surface area contributed by atoms with Gasteiger partial charge in [-0.05, 0) is 55.7 Å². The van der Waals surface area contributed by atoms with Crippen molar-refractivity contribution >= 4 is 33.9 Å². The zero-order valence-electron chi connectivity index (χ0n) is 25.5. The molecule has 0 aliphatic carbocycles. The maximum absolute atomic E-state index is 12.6. The van der Waals surface area contributed by atoms with Gasteiger partial charge in [0.05, 0.1) is 37.1 Å². The Bertz CT molecular complexity index is 1580. The highest BCUT2D eigenvalue weighted by Crippen LogP contribution is 2.38. The molecule has 5 rings (SSSR count). The Morgan fingerprint density at radius 3 is 2.35 bits per heavy atom. The molecular formula is C34H41N5O4. The number of hydrogen-bond donors (Lipinski definition) is 2. The first-order valence-corrected chi connectivity index (χ1v) is 15.0. The van der Waals surface area contributed by atoms with E-state index in [9.17, 15) is 4.79 Å². The number of carbonyl (C=O) groups is 1. The van der Waals surface area contributed by atoms with Crippen molar-refractivity contribution in [1.29, 1.82) is 0 Å². The summed E-state index contributed by atoms with van der Waals surface area (Å²) in [4.78, 5) is 22.0. The van der Waals surface area contributed by atoms with Crippen LogP contribution in [0.2, 0.25) is 0 Å². The first-order valence-electron chi connectivity index (χ1n) is 15.0. The smallest absolute Gasteiger partial charge is 0.252 e. The van der Waals surface area contributed by atoms with Crippen LogP contribution in [0.1, 0.15) is 42.3 Å². The number of nitrogens with two attached hydrogens (primary N) is 1. The lowest BCUT2D eigenvalue weighted by atomic mass is 10.0. The minimum Gasteiger partial charge on any atom is -0.497 e. The van der Waals surface area contributed by atoms with Gasteiger partial charge < -0.3 is 30.2 Å². The van der Waals surface area contributed by atoms with Crippen LogP contribution >= 0.6 is 0 Å². The second-order valence-electron chi connectivity index (χ2n) is 10.5.